The summed E-state index contributed by atoms with van der Waals surface area (Å²) >= 11 is 3.38. The van der Waals surface area contributed by atoms with E-state index < -0.39 is 0 Å². The maximum atomic E-state index is 12.2. The van der Waals surface area contributed by atoms with Crippen molar-refractivity contribution in [1.29, 1.82) is 0 Å². The van der Waals surface area contributed by atoms with Crippen LogP contribution in [0.25, 0.3) is 0 Å². The predicted molar refractivity (Wildman–Crippen MR) is 77.9 cm³/mol. The Hall–Kier alpha value is -1.68. The van der Waals surface area contributed by atoms with Crippen LogP contribution in [0.1, 0.15) is 17.9 Å². The molecule has 0 bridgehead atoms. The molecule has 1 aromatic heterocycles. The van der Waals surface area contributed by atoms with Crippen molar-refractivity contribution in [3.63, 3.8) is 0 Å². The van der Waals surface area contributed by atoms with Crippen LogP contribution in [0.2, 0.25) is 0 Å². The highest BCUT2D eigenvalue weighted by molar-refractivity contribution is 9.10. The zero-order valence-electron chi connectivity index (χ0n) is 10.2. The van der Waals surface area contributed by atoms with Crippen LogP contribution in [0, 0.1) is 5.92 Å². The lowest BCUT2D eigenvalue weighted by molar-refractivity contribution is -0.117. The summed E-state index contributed by atoms with van der Waals surface area (Å²) in [5.41, 5.74) is 2.02. The van der Waals surface area contributed by atoms with E-state index in [0.717, 1.165) is 16.6 Å². The molecule has 2 atom stereocenters. The molecule has 3 rings (SSSR count). The number of anilines is 1. The minimum Gasteiger partial charge on any atom is -0.325 e. The molecule has 0 aliphatic heterocycles. The number of aromatic nitrogens is 1. The van der Waals surface area contributed by atoms with Crippen LogP contribution < -0.4 is 5.32 Å². The second-order valence-electron chi connectivity index (χ2n) is 4.70. The third kappa shape index (κ3) is 2.68. The number of rotatable bonds is 3. The fourth-order valence-corrected chi connectivity index (χ4v) is 2.60. The quantitative estimate of drug-likeness (QED) is 0.940. The lowest BCUT2D eigenvalue weighted by Gasteiger charge is -2.06. The molecule has 1 heterocycles. The summed E-state index contributed by atoms with van der Waals surface area (Å²) < 4.78 is 0.806. The maximum absolute atomic E-state index is 12.2. The molecule has 0 radical (unpaired) electrons. The van der Waals surface area contributed by atoms with E-state index >= 15 is 0 Å². The number of pyridine rings is 1. The van der Waals surface area contributed by atoms with Gasteiger partial charge in [0, 0.05) is 18.3 Å². The third-order valence-corrected chi connectivity index (χ3v) is 4.02. The number of carbonyl (C=O) groups is 1. The van der Waals surface area contributed by atoms with E-state index in [0.29, 0.717) is 5.92 Å². The van der Waals surface area contributed by atoms with Crippen LogP contribution in [0.4, 0.5) is 5.69 Å². The molecule has 96 valence electrons. The van der Waals surface area contributed by atoms with Crippen molar-refractivity contribution >= 4 is 27.5 Å². The molecule has 0 spiro atoms. The molecule has 1 aliphatic rings. The fraction of sp³-hybridized carbons (Fsp3) is 0.200. The number of benzene rings is 1. The minimum absolute atomic E-state index is 0.0840. The molecule has 2 aromatic rings. The summed E-state index contributed by atoms with van der Waals surface area (Å²) in [4.78, 5) is 16.1. The first-order valence-corrected chi connectivity index (χ1v) is 7.00. The lowest BCUT2D eigenvalue weighted by atomic mass is 10.1. The average Bonchev–Trinajstić information content (AvgIpc) is 3.23. The highest BCUT2D eigenvalue weighted by Gasteiger charge is 2.43. The number of nitrogens with zero attached hydrogens (tertiary/aromatic N) is 1. The molecule has 1 aromatic carbocycles. The minimum atomic E-state index is 0.0840. The lowest BCUT2D eigenvalue weighted by Crippen LogP contribution is -2.14. The van der Waals surface area contributed by atoms with Crippen LogP contribution in [-0.2, 0) is 4.79 Å². The van der Waals surface area contributed by atoms with Crippen LogP contribution in [-0.4, -0.2) is 10.9 Å². The number of nitrogens with one attached hydrogen (secondary N) is 1. The normalized spacial score (nSPS) is 20.9. The van der Waals surface area contributed by atoms with Gasteiger partial charge >= 0.3 is 0 Å². The number of halogens is 1. The zero-order chi connectivity index (χ0) is 13.2. The Morgan fingerprint density at radius 2 is 2.05 bits per heavy atom. The van der Waals surface area contributed by atoms with Gasteiger partial charge in [-0.1, -0.05) is 30.3 Å². The summed E-state index contributed by atoms with van der Waals surface area (Å²) in [5, 5.41) is 2.95. The van der Waals surface area contributed by atoms with E-state index in [9.17, 15) is 4.79 Å². The second-order valence-corrected chi connectivity index (χ2v) is 5.56. The first kappa shape index (κ1) is 12.4. The van der Waals surface area contributed by atoms with Crippen LogP contribution in [0.15, 0.2) is 53.3 Å². The first-order valence-electron chi connectivity index (χ1n) is 6.21. The van der Waals surface area contributed by atoms with Gasteiger partial charge in [-0.25, -0.2) is 0 Å². The van der Waals surface area contributed by atoms with Crippen molar-refractivity contribution in [2.75, 3.05) is 5.32 Å². The second kappa shape index (κ2) is 5.13. The number of hydrogen-bond donors (Lipinski definition) is 1. The van der Waals surface area contributed by atoms with Crippen molar-refractivity contribution in [3.05, 3.63) is 58.8 Å². The van der Waals surface area contributed by atoms with E-state index in [1.807, 2.05) is 18.2 Å². The highest BCUT2D eigenvalue weighted by atomic mass is 79.9. The molecule has 1 aliphatic carbocycles. The molecule has 4 heteroatoms. The van der Waals surface area contributed by atoms with Gasteiger partial charge in [0.15, 0.2) is 0 Å². The van der Waals surface area contributed by atoms with Gasteiger partial charge in [0.05, 0.1) is 10.2 Å². The van der Waals surface area contributed by atoms with Gasteiger partial charge in [-0.15, -0.1) is 0 Å². The molecule has 1 N–H and O–H groups in total. The Morgan fingerprint density at radius 1 is 1.26 bits per heavy atom. The van der Waals surface area contributed by atoms with E-state index in [1.165, 1.54) is 5.56 Å². The van der Waals surface area contributed by atoms with Gasteiger partial charge in [-0.05, 0) is 39.9 Å². The van der Waals surface area contributed by atoms with Crippen molar-refractivity contribution in [2.45, 2.75) is 12.3 Å². The maximum Gasteiger partial charge on any atom is 0.228 e. The van der Waals surface area contributed by atoms with E-state index in [1.54, 1.807) is 18.5 Å². The van der Waals surface area contributed by atoms with Gasteiger partial charge in [0.2, 0.25) is 5.91 Å². The number of carbonyl (C=O) groups excluding carboxylic acids is 1. The monoisotopic (exact) mass is 316 g/mol. The topological polar surface area (TPSA) is 42.0 Å². The molecule has 1 amide bonds. The molecule has 3 nitrogen and oxygen atoms in total. The Bertz CT molecular complexity index is 600. The van der Waals surface area contributed by atoms with Crippen LogP contribution >= 0.6 is 15.9 Å². The van der Waals surface area contributed by atoms with Gasteiger partial charge in [-0.2, -0.15) is 0 Å². The molecule has 1 saturated carbocycles. The van der Waals surface area contributed by atoms with Crippen molar-refractivity contribution in [3.8, 4) is 0 Å². The summed E-state index contributed by atoms with van der Waals surface area (Å²) in [6, 6.07) is 12.0. The molecule has 1 fully saturated rings. The number of hydrogen-bond acceptors (Lipinski definition) is 2. The molecule has 19 heavy (non-hydrogen) atoms. The van der Waals surface area contributed by atoms with E-state index in [4.69, 9.17) is 0 Å². The Morgan fingerprint density at radius 3 is 2.79 bits per heavy atom. The van der Waals surface area contributed by atoms with Gasteiger partial charge in [0.1, 0.15) is 0 Å². The van der Waals surface area contributed by atoms with Crippen LogP contribution in [0.5, 0.6) is 0 Å². The van der Waals surface area contributed by atoms with Crippen molar-refractivity contribution in [2.24, 2.45) is 5.92 Å². The fourth-order valence-electron chi connectivity index (χ4n) is 2.26. The Balaban J connectivity index is 1.66. The summed E-state index contributed by atoms with van der Waals surface area (Å²) in [7, 11) is 0. The number of amides is 1. The van der Waals surface area contributed by atoms with Gasteiger partial charge in [0.25, 0.3) is 0 Å². The first-order chi connectivity index (χ1) is 9.25. The van der Waals surface area contributed by atoms with Gasteiger partial charge < -0.3 is 5.32 Å². The standard InChI is InChI=1S/C15H13BrN2O/c16-13-9-17-7-6-14(13)18-15(19)12-8-11(12)10-4-2-1-3-5-10/h1-7,9,11-12H,8H2,(H,17,18,19). The van der Waals surface area contributed by atoms with Crippen molar-refractivity contribution < 1.29 is 4.79 Å². The Kier molecular flexibility index (Phi) is 3.34. The SMILES string of the molecule is O=C(Nc1ccncc1Br)C1CC1c1ccccc1. The van der Waals surface area contributed by atoms with E-state index in [2.05, 4.69) is 38.4 Å². The molecular weight excluding hydrogens is 304 g/mol. The van der Waals surface area contributed by atoms with Gasteiger partial charge in [-0.3, -0.25) is 9.78 Å². The van der Waals surface area contributed by atoms with E-state index in [-0.39, 0.29) is 11.8 Å². The summed E-state index contributed by atoms with van der Waals surface area (Å²) in [6.45, 7) is 0. The summed E-state index contributed by atoms with van der Waals surface area (Å²) in [6.07, 6.45) is 4.28. The van der Waals surface area contributed by atoms with Crippen molar-refractivity contribution in [1.82, 2.24) is 4.98 Å². The molecule has 2 unspecified atom stereocenters. The predicted octanol–water partition coefficient (Wildman–Crippen LogP) is 3.59. The smallest absolute Gasteiger partial charge is 0.228 e. The zero-order valence-corrected chi connectivity index (χ0v) is 11.8. The molecule has 0 saturated heterocycles. The summed E-state index contributed by atoms with van der Waals surface area (Å²) in [5.74, 6) is 0.532. The Labute approximate surface area is 120 Å². The highest BCUT2D eigenvalue weighted by Crippen LogP contribution is 2.48. The third-order valence-electron chi connectivity index (χ3n) is 3.39. The van der Waals surface area contributed by atoms with Crippen LogP contribution in [0.3, 0.4) is 0 Å². The largest absolute Gasteiger partial charge is 0.325 e. The average molecular weight is 317 g/mol. The molecular formula is C15H13BrN2O.